The Morgan fingerprint density at radius 2 is 1.76 bits per heavy atom. The van der Waals surface area contributed by atoms with Crippen LogP contribution >= 0.6 is 0 Å². The van der Waals surface area contributed by atoms with Crippen LogP contribution in [0.3, 0.4) is 0 Å². The highest BCUT2D eigenvalue weighted by Gasteiger charge is 2.58. The van der Waals surface area contributed by atoms with Crippen LogP contribution in [0.25, 0.3) is 0 Å². The maximum Gasteiger partial charge on any atom is 0.335 e. The summed E-state index contributed by atoms with van der Waals surface area (Å²) in [6.45, 7) is 6.99. The van der Waals surface area contributed by atoms with Gasteiger partial charge in [-0.25, -0.2) is 4.79 Å². The number of ether oxygens (including phenoxy) is 1. The van der Waals surface area contributed by atoms with Crippen molar-refractivity contribution >= 4 is 23.2 Å². The van der Waals surface area contributed by atoms with Gasteiger partial charge in [-0.1, -0.05) is 61.3 Å². The largest absolute Gasteiger partial charge is 0.494 e. The Hall–Kier alpha value is -4.33. The number of oxime groups is 1. The third kappa shape index (κ3) is 6.22. The Morgan fingerprint density at radius 1 is 1.04 bits per heavy atom. The molecule has 46 heavy (non-hydrogen) atoms. The molecule has 0 amide bonds. The second-order valence-electron chi connectivity index (χ2n) is 13.5. The van der Waals surface area contributed by atoms with Gasteiger partial charge in [-0.15, -0.1) is 0 Å². The summed E-state index contributed by atoms with van der Waals surface area (Å²) < 4.78 is 5.98. The number of aryl methyl sites for hydroxylation is 2. The molecule has 0 aliphatic heterocycles. The van der Waals surface area contributed by atoms with E-state index in [-0.39, 0.29) is 23.8 Å². The number of hydrogen-bond acceptors (Lipinski definition) is 7. The molecule has 0 heterocycles. The van der Waals surface area contributed by atoms with Gasteiger partial charge in [0.1, 0.15) is 17.2 Å². The summed E-state index contributed by atoms with van der Waals surface area (Å²) in [5.41, 5.74) is 5.06. The first-order chi connectivity index (χ1) is 22.2. The van der Waals surface area contributed by atoms with Gasteiger partial charge in [0.2, 0.25) is 0 Å². The number of unbranched alkanes of at least 4 members (excludes halogenated alkanes) is 1. The Kier molecular flexibility index (Phi) is 9.07. The summed E-state index contributed by atoms with van der Waals surface area (Å²) >= 11 is 0. The van der Waals surface area contributed by atoms with Crippen molar-refractivity contribution in [3.63, 3.8) is 0 Å². The molecule has 6 rings (SSSR count). The van der Waals surface area contributed by atoms with Crippen LogP contribution in [0.15, 0.2) is 71.9 Å². The monoisotopic (exact) mass is 622 g/mol. The average Bonchev–Trinajstić information content (AvgIpc) is 3.31. The van der Waals surface area contributed by atoms with Crippen molar-refractivity contribution in [1.82, 2.24) is 0 Å². The van der Waals surface area contributed by atoms with Crippen LogP contribution in [0.4, 0.5) is 5.69 Å². The molecule has 3 aromatic carbocycles. The Morgan fingerprint density at radius 3 is 2.46 bits per heavy atom. The number of nitro groups is 1. The highest BCUT2D eigenvalue weighted by atomic mass is 16.7. The quantitative estimate of drug-likeness (QED) is 0.0743. The van der Waals surface area contributed by atoms with Gasteiger partial charge < -0.3 is 9.57 Å². The van der Waals surface area contributed by atoms with E-state index in [0.29, 0.717) is 35.1 Å². The second kappa shape index (κ2) is 13.2. The Labute approximate surface area is 270 Å². The molecule has 8 heteroatoms. The first-order valence-corrected chi connectivity index (χ1v) is 16.6. The lowest BCUT2D eigenvalue weighted by molar-refractivity contribution is -0.384. The fraction of sp³-hybridized carbons (Fsp3) is 0.447. The molecule has 2 saturated carbocycles. The fourth-order valence-electron chi connectivity index (χ4n) is 8.16. The number of nitrogens with zero attached hydrogens (tertiary/aromatic N) is 2. The maximum atomic E-state index is 13.9. The van der Waals surface area contributed by atoms with E-state index in [0.717, 1.165) is 56.4 Å². The predicted octanol–water partition coefficient (Wildman–Crippen LogP) is 8.12. The summed E-state index contributed by atoms with van der Waals surface area (Å²) in [6.07, 6.45) is 6.66. The van der Waals surface area contributed by atoms with Crippen molar-refractivity contribution in [2.24, 2.45) is 28.3 Å². The van der Waals surface area contributed by atoms with Crippen LogP contribution in [0.5, 0.6) is 5.75 Å². The maximum absolute atomic E-state index is 13.9. The number of carbonyl (C=O) groups is 2. The number of carbonyl (C=O) groups excluding carboxylic acids is 2. The molecule has 5 atom stereocenters. The van der Waals surface area contributed by atoms with Crippen LogP contribution in [-0.2, 0) is 20.8 Å². The highest BCUT2D eigenvalue weighted by molar-refractivity contribution is 6.12. The van der Waals surface area contributed by atoms with Gasteiger partial charge in [-0.05, 0) is 98.6 Å². The van der Waals surface area contributed by atoms with Crippen LogP contribution in [0.1, 0.15) is 92.5 Å². The normalized spacial score (nSPS) is 25.3. The minimum Gasteiger partial charge on any atom is -0.494 e. The average molecular weight is 623 g/mol. The second-order valence-corrected chi connectivity index (χ2v) is 13.5. The number of non-ortho nitro benzene ring substituents is 1. The zero-order valence-corrected chi connectivity index (χ0v) is 26.9. The van der Waals surface area contributed by atoms with Crippen molar-refractivity contribution in [2.75, 3.05) is 6.61 Å². The summed E-state index contributed by atoms with van der Waals surface area (Å²) in [5.74, 6) is 1.25. The van der Waals surface area contributed by atoms with E-state index >= 15 is 0 Å². The van der Waals surface area contributed by atoms with E-state index in [9.17, 15) is 19.7 Å². The van der Waals surface area contributed by atoms with E-state index in [2.05, 4.69) is 37.2 Å². The number of hydrogen-bond donors (Lipinski definition) is 0. The molecule has 0 saturated heterocycles. The fourth-order valence-corrected chi connectivity index (χ4v) is 8.16. The molecule has 0 N–H and O–H groups in total. The van der Waals surface area contributed by atoms with E-state index in [1.165, 1.54) is 23.3 Å². The summed E-state index contributed by atoms with van der Waals surface area (Å²) in [4.78, 5) is 43.3. The number of Topliss-reactive ketones (excluding diaryl/α,β-unsaturated/α-hetero) is 1. The molecule has 3 aromatic rings. The van der Waals surface area contributed by atoms with Crippen molar-refractivity contribution < 1.29 is 24.1 Å². The van der Waals surface area contributed by atoms with E-state index in [1.54, 1.807) is 12.1 Å². The molecule has 240 valence electrons. The Balaban J connectivity index is 1.16. The van der Waals surface area contributed by atoms with Crippen molar-refractivity contribution in [3.05, 3.63) is 105 Å². The van der Waals surface area contributed by atoms with Gasteiger partial charge in [-0.2, -0.15) is 0 Å². The Bertz CT molecular complexity index is 1650. The van der Waals surface area contributed by atoms with E-state index in [4.69, 9.17) is 9.57 Å². The van der Waals surface area contributed by atoms with E-state index in [1.807, 2.05) is 31.2 Å². The summed E-state index contributed by atoms with van der Waals surface area (Å²) in [5, 5.41) is 15.4. The minimum absolute atomic E-state index is 0.0116. The van der Waals surface area contributed by atoms with E-state index < -0.39 is 22.2 Å². The van der Waals surface area contributed by atoms with Crippen LogP contribution in [0.2, 0.25) is 0 Å². The zero-order valence-electron chi connectivity index (χ0n) is 26.9. The number of nitro benzene ring substituents is 1. The molecule has 4 unspecified atom stereocenters. The smallest absolute Gasteiger partial charge is 0.335 e. The van der Waals surface area contributed by atoms with Gasteiger partial charge in [0.25, 0.3) is 5.69 Å². The predicted molar refractivity (Wildman–Crippen MR) is 176 cm³/mol. The van der Waals surface area contributed by atoms with Gasteiger partial charge in [-0.3, -0.25) is 14.9 Å². The van der Waals surface area contributed by atoms with Gasteiger partial charge in [0, 0.05) is 34.6 Å². The van der Waals surface area contributed by atoms with Gasteiger partial charge in [0.15, 0.2) is 0 Å². The van der Waals surface area contributed by atoms with Crippen molar-refractivity contribution in [1.29, 1.82) is 0 Å². The highest BCUT2D eigenvalue weighted by Crippen LogP contribution is 2.61. The third-order valence-electron chi connectivity index (χ3n) is 10.7. The molecular formula is C38H42N2O6. The number of fused-ring (bicyclic) bond motifs is 5. The molecule has 3 aliphatic rings. The standard InChI is InChI=1S/C38H42N2O6/c1-4-5-20-45-30-15-17-31-27(21-30)12-16-33-32(31)18-19-38(3)34(33)22-28(37(38)42)23-35(41)46-39-36(25-8-6-24(2)7-9-25)26-10-13-29(14-11-26)40(43)44/h6-11,13-15,17,21,28,32-34H,4-5,12,16,18-20,22-23H2,1-3H3/b39-36+/t28?,32?,33?,34?,38-/m0/s1. The third-order valence-corrected chi connectivity index (χ3v) is 10.7. The number of benzene rings is 3. The van der Waals surface area contributed by atoms with Crippen LogP contribution in [0, 0.1) is 40.2 Å². The van der Waals surface area contributed by atoms with Crippen molar-refractivity contribution in [3.8, 4) is 5.75 Å². The molecule has 0 aromatic heterocycles. The van der Waals surface area contributed by atoms with Crippen LogP contribution in [-0.4, -0.2) is 29.0 Å². The lowest BCUT2D eigenvalue weighted by Crippen LogP contribution is -2.42. The lowest BCUT2D eigenvalue weighted by Gasteiger charge is -2.48. The number of rotatable bonds is 10. The van der Waals surface area contributed by atoms with Crippen molar-refractivity contribution in [2.45, 2.75) is 78.1 Å². The summed E-state index contributed by atoms with van der Waals surface area (Å²) in [6, 6.07) is 20.1. The SMILES string of the molecule is CCCCOc1ccc2c(c1)CCC1C2CC[C@]2(C)C(=O)C(CC(=O)O/N=C(\c3ccc(C)cc3)c3ccc([N+](=O)[O-])cc3)CC12. The van der Waals surface area contributed by atoms with Gasteiger partial charge in [0.05, 0.1) is 18.0 Å². The molecule has 8 nitrogen and oxygen atoms in total. The number of ketones is 1. The zero-order chi connectivity index (χ0) is 32.4. The molecule has 2 fully saturated rings. The lowest BCUT2D eigenvalue weighted by atomic mass is 9.55. The molecular weight excluding hydrogens is 580 g/mol. The molecule has 0 bridgehead atoms. The molecule has 0 radical (unpaired) electrons. The molecule has 0 spiro atoms. The molecule has 3 aliphatic carbocycles. The summed E-state index contributed by atoms with van der Waals surface area (Å²) in [7, 11) is 0. The topological polar surface area (TPSA) is 108 Å². The first-order valence-electron chi connectivity index (χ1n) is 16.6. The van der Waals surface area contributed by atoms with Crippen LogP contribution < -0.4 is 4.74 Å². The minimum atomic E-state index is -0.548. The van der Waals surface area contributed by atoms with Gasteiger partial charge >= 0.3 is 5.97 Å². The first kappa shape index (κ1) is 31.6.